The fraction of sp³-hybridized carbons (Fsp3) is 0.889. The van der Waals surface area contributed by atoms with Crippen molar-refractivity contribution in [3.63, 3.8) is 0 Å². The van der Waals surface area contributed by atoms with E-state index in [2.05, 4.69) is 20.8 Å². The predicted octanol–water partition coefficient (Wildman–Crippen LogP) is 2.42. The molecule has 0 bridgehead atoms. The Morgan fingerprint density at radius 2 is 2.20 bits per heavy atom. The van der Waals surface area contributed by atoms with Crippen LogP contribution in [0.1, 0.15) is 33.6 Å². The van der Waals surface area contributed by atoms with Gasteiger partial charge in [-0.25, -0.2) is 0 Å². The molecule has 0 N–H and O–H groups in total. The number of ether oxygens (including phenoxy) is 1. The van der Waals surface area contributed by atoms with Gasteiger partial charge in [0.05, 0.1) is 6.10 Å². The molecule has 10 heavy (non-hydrogen) atoms. The van der Waals surface area contributed by atoms with Gasteiger partial charge in [0.1, 0.15) is 0 Å². The zero-order valence-corrected chi connectivity index (χ0v) is 7.18. The molecule has 0 saturated carbocycles. The second-order valence-corrected chi connectivity index (χ2v) is 3.56. The summed E-state index contributed by atoms with van der Waals surface area (Å²) in [5, 5.41) is 0. The first-order chi connectivity index (χ1) is 4.70. The Morgan fingerprint density at radius 3 is 2.60 bits per heavy atom. The fourth-order valence-electron chi connectivity index (χ4n) is 1.32. The molecule has 1 heterocycles. The summed E-state index contributed by atoms with van der Waals surface area (Å²) in [6, 6.07) is 0. The maximum Gasteiger partial charge on any atom is 0.0603 e. The van der Waals surface area contributed by atoms with Crippen LogP contribution in [0, 0.1) is 11.8 Å². The Labute approximate surface area is 63.8 Å². The van der Waals surface area contributed by atoms with Gasteiger partial charge in [-0.2, -0.15) is 0 Å². The molecule has 0 aromatic carbocycles. The van der Waals surface area contributed by atoms with Crippen LogP contribution < -0.4 is 0 Å². The van der Waals surface area contributed by atoms with Crippen LogP contribution in [0.3, 0.4) is 0 Å². The molecule has 1 rings (SSSR count). The topological polar surface area (TPSA) is 9.23 Å². The summed E-state index contributed by atoms with van der Waals surface area (Å²) in [5.74, 6) is 2.28. The summed E-state index contributed by atoms with van der Waals surface area (Å²) < 4.78 is 5.59. The van der Waals surface area contributed by atoms with Crippen LogP contribution in [0.2, 0.25) is 0 Å². The summed E-state index contributed by atoms with van der Waals surface area (Å²) >= 11 is 0. The van der Waals surface area contributed by atoms with Gasteiger partial charge in [-0.1, -0.05) is 20.8 Å². The average Bonchev–Trinajstić information content (AvgIpc) is 1.88. The summed E-state index contributed by atoms with van der Waals surface area (Å²) in [4.78, 5) is 0. The van der Waals surface area contributed by atoms with Crippen LogP contribution in [-0.4, -0.2) is 12.7 Å². The lowest BCUT2D eigenvalue weighted by Gasteiger charge is -2.29. The van der Waals surface area contributed by atoms with Crippen molar-refractivity contribution >= 4 is 0 Å². The van der Waals surface area contributed by atoms with Gasteiger partial charge < -0.3 is 4.74 Å². The molecule has 1 radical (unpaired) electrons. The van der Waals surface area contributed by atoms with Crippen molar-refractivity contribution in [2.24, 2.45) is 5.92 Å². The fourth-order valence-corrected chi connectivity index (χ4v) is 1.32. The third-order valence-corrected chi connectivity index (χ3v) is 2.15. The molecule has 0 spiro atoms. The summed E-state index contributed by atoms with van der Waals surface area (Å²) in [7, 11) is 0. The Bertz CT molecular complexity index is 98.9. The summed E-state index contributed by atoms with van der Waals surface area (Å²) in [6.07, 6.45) is 2.84. The van der Waals surface area contributed by atoms with E-state index < -0.39 is 0 Å². The molecule has 1 unspecified atom stereocenters. The average molecular weight is 141 g/mol. The zero-order valence-electron chi connectivity index (χ0n) is 7.18. The maximum atomic E-state index is 5.59. The Hall–Kier alpha value is -0.0400. The monoisotopic (exact) mass is 141 g/mol. The Morgan fingerprint density at radius 1 is 1.50 bits per heavy atom. The van der Waals surface area contributed by atoms with Crippen LogP contribution in [0.15, 0.2) is 0 Å². The van der Waals surface area contributed by atoms with Crippen molar-refractivity contribution in [2.75, 3.05) is 6.61 Å². The summed E-state index contributed by atoms with van der Waals surface area (Å²) in [5.41, 5.74) is 0. The molecule has 1 fully saturated rings. The van der Waals surface area contributed by atoms with E-state index in [-0.39, 0.29) is 0 Å². The molecule has 1 aliphatic rings. The van der Waals surface area contributed by atoms with E-state index in [1.807, 2.05) is 0 Å². The molecule has 59 valence electrons. The normalized spacial score (nSPS) is 29.4. The highest BCUT2D eigenvalue weighted by molar-refractivity contribution is 4.91. The highest BCUT2D eigenvalue weighted by Gasteiger charge is 2.21. The van der Waals surface area contributed by atoms with Gasteiger partial charge in [-0.3, -0.25) is 0 Å². The van der Waals surface area contributed by atoms with E-state index >= 15 is 0 Å². The molecule has 1 heteroatoms. The van der Waals surface area contributed by atoms with E-state index in [0.717, 1.165) is 6.61 Å². The van der Waals surface area contributed by atoms with E-state index in [1.54, 1.807) is 5.92 Å². The van der Waals surface area contributed by atoms with E-state index in [1.165, 1.54) is 12.8 Å². The minimum Gasteiger partial charge on any atom is -0.378 e. The lowest BCUT2D eigenvalue weighted by molar-refractivity contribution is -0.00258. The lowest BCUT2D eigenvalue weighted by Crippen LogP contribution is -2.27. The molecular weight excluding hydrogens is 124 g/mol. The minimum absolute atomic E-state index is 0.494. The van der Waals surface area contributed by atoms with Crippen LogP contribution in [0.25, 0.3) is 0 Å². The van der Waals surface area contributed by atoms with Gasteiger partial charge in [0.25, 0.3) is 0 Å². The number of hydrogen-bond donors (Lipinski definition) is 0. The predicted molar refractivity (Wildman–Crippen MR) is 42.7 cm³/mol. The molecular formula is C9H17O. The van der Waals surface area contributed by atoms with Gasteiger partial charge in [-0.05, 0) is 24.7 Å². The summed E-state index contributed by atoms with van der Waals surface area (Å²) in [6.45, 7) is 7.62. The van der Waals surface area contributed by atoms with Crippen molar-refractivity contribution in [1.82, 2.24) is 0 Å². The minimum atomic E-state index is 0.494. The van der Waals surface area contributed by atoms with Crippen LogP contribution >= 0.6 is 0 Å². The molecule has 0 aromatic rings. The first-order valence-electron chi connectivity index (χ1n) is 4.13. The second kappa shape index (κ2) is 3.38. The van der Waals surface area contributed by atoms with Crippen LogP contribution in [-0.2, 0) is 4.74 Å². The standard InChI is InChI=1S/C9H17O/c1-7(2)9-6-8(3)4-5-10-9/h7,9H,4-6H2,1-3H3. The molecule has 0 amide bonds. The van der Waals surface area contributed by atoms with E-state index in [4.69, 9.17) is 4.74 Å². The van der Waals surface area contributed by atoms with E-state index in [9.17, 15) is 0 Å². The molecule has 1 saturated heterocycles. The van der Waals surface area contributed by atoms with Gasteiger partial charge >= 0.3 is 0 Å². The molecule has 0 aromatic heterocycles. The first kappa shape index (κ1) is 8.06. The molecule has 1 aliphatic heterocycles. The van der Waals surface area contributed by atoms with E-state index in [0.29, 0.717) is 12.0 Å². The van der Waals surface area contributed by atoms with Crippen molar-refractivity contribution in [1.29, 1.82) is 0 Å². The van der Waals surface area contributed by atoms with Gasteiger partial charge in [-0.15, -0.1) is 0 Å². The largest absolute Gasteiger partial charge is 0.378 e. The Balaban J connectivity index is 2.32. The third kappa shape index (κ3) is 1.98. The van der Waals surface area contributed by atoms with Crippen molar-refractivity contribution in [2.45, 2.75) is 39.7 Å². The SMILES string of the molecule is C[C]1CCOC(C(C)C)C1. The van der Waals surface area contributed by atoms with Crippen LogP contribution in [0.5, 0.6) is 0 Å². The lowest BCUT2D eigenvalue weighted by atomic mass is 9.92. The smallest absolute Gasteiger partial charge is 0.0603 e. The first-order valence-corrected chi connectivity index (χ1v) is 4.13. The maximum absolute atomic E-state index is 5.59. The molecule has 0 aliphatic carbocycles. The highest BCUT2D eigenvalue weighted by Crippen LogP contribution is 2.25. The number of rotatable bonds is 1. The van der Waals surface area contributed by atoms with Crippen LogP contribution in [0.4, 0.5) is 0 Å². The molecule has 1 atom stereocenters. The van der Waals surface area contributed by atoms with Crippen molar-refractivity contribution < 1.29 is 4.74 Å². The number of hydrogen-bond acceptors (Lipinski definition) is 1. The van der Waals surface area contributed by atoms with Crippen molar-refractivity contribution in [3.05, 3.63) is 5.92 Å². The Kier molecular flexibility index (Phi) is 2.72. The second-order valence-electron chi connectivity index (χ2n) is 3.56. The highest BCUT2D eigenvalue weighted by atomic mass is 16.5. The van der Waals surface area contributed by atoms with Crippen molar-refractivity contribution in [3.8, 4) is 0 Å². The third-order valence-electron chi connectivity index (χ3n) is 2.15. The zero-order chi connectivity index (χ0) is 7.56. The van der Waals surface area contributed by atoms with Gasteiger partial charge in [0, 0.05) is 6.61 Å². The quantitative estimate of drug-likeness (QED) is 0.545. The molecule has 1 nitrogen and oxygen atoms in total. The van der Waals surface area contributed by atoms with Gasteiger partial charge in [0.15, 0.2) is 0 Å². The van der Waals surface area contributed by atoms with Gasteiger partial charge in [0.2, 0.25) is 0 Å².